The van der Waals surface area contributed by atoms with Gasteiger partial charge >= 0.3 is 5.97 Å². The third-order valence-electron chi connectivity index (χ3n) is 5.44. The molecular formula is C24H19N5O3. The molecule has 0 spiro atoms. The summed E-state index contributed by atoms with van der Waals surface area (Å²) in [4.78, 5) is 16.0. The maximum absolute atomic E-state index is 11.2. The topological polar surface area (TPSA) is 107 Å². The van der Waals surface area contributed by atoms with Crippen molar-refractivity contribution in [3.8, 4) is 22.3 Å². The van der Waals surface area contributed by atoms with E-state index in [1.165, 1.54) is 0 Å². The van der Waals surface area contributed by atoms with Crippen molar-refractivity contribution in [2.45, 2.75) is 20.4 Å². The Labute approximate surface area is 183 Å². The number of hydrogen-bond acceptors (Lipinski definition) is 6. The van der Waals surface area contributed by atoms with Crippen LogP contribution < -0.4 is 0 Å². The van der Waals surface area contributed by atoms with Crippen molar-refractivity contribution >= 4 is 17.0 Å². The predicted octanol–water partition coefficient (Wildman–Crippen LogP) is 4.51. The van der Waals surface area contributed by atoms with E-state index < -0.39 is 5.97 Å². The number of nitrogens with zero attached hydrogens (tertiary/aromatic N) is 5. The summed E-state index contributed by atoms with van der Waals surface area (Å²) in [6.45, 7) is 4.31. The van der Waals surface area contributed by atoms with Crippen LogP contribution in [-0.4, -0.2) is 36.0 Å². The third-order valence-corrected chi connectivity index (χ3v) is 5.44. The molecule has 0 aliphatic carbocycles. The summed E-state index contributed by atoms with van der Waals surface area (Å²) in [5.41, 5.74) is 7.24. The van der Waals surface area contributed by atoms with Crippen LogP contribution in [0.4, 0.5) is 0 Å². The van der Waals surface area contributed by atoms with E-state index in [9.17, 15) is 9.90 Å². The van der Waals surface area contributed by atoms with Crippen molar-refractivity contribution in [2.75, 3.05) is 0 Å². The Kier molecular flexibility index (Phi) is 4.74. The average Bonchev–Trinajstić information content (AvgIpc) is 3.33. The van der Waals surface area contributed by atoms with Crippen molar-refractivity contribution in [3.05, 3.63) is 83.8 Å². The predicted molar refractivity (Wildman–Crippen MR) is 118 cm³/mol. The SMILES string of the molecule is Cc1noc(C)c1-c1cnc2c(-c3ccc(C(=O)O)cc3)cn(Cc3cccnn3)c2c1. The quantitative estimate of drug-likeness (QED) is 0.441. The number of aromatic nitrogens is 5. The first kappa shape index (κ1) is 19.6. The maximum atomic E-state index is 11.2. The van der Waals surface area contributed by atoms with Gasteiger partial charge in [-0.05, 0) is 49.7 Å². The van der Waals surface area contributed by atoms with Crippen molar-refractivity contribution in [1.29, 1.82) is 0 Å². The lowest BCUT2D eigenvalue weighted by atomic mass is 10.0. The summed E-state index contributed by atoms with van der Waals surface area (Å²) in [7, 11) is 0. The smallest absolute Gasteiger partial charge is 0.335 e. The number of pyridine rings is 1. The molecule has 1 N–H and O–H groups in total. The fourth-order valence-electron chi connectivity index (χ4n) is 3.92. The Morgan fingerprint density at radius 2 is 1.94 bits per heavy atom. The first-order chi connectivity index (χ1) is 15.5. The second-order valence-corrected chi connectivity index (χ2v) is 7.56. The van der Waals surface area contributed by atoms with Crippen LogP contribution in [0.25, 0.3) is 33.3 Å². The van der Waals surface area contributed by atoms with Crippen LogP contribution in [0.1, 0.15) is 27.5 Å². The molecule has 0 aliphatic heterocycles. The van der Waals surface area contributed by atoms with Gasteiger partial charge in [0.2, 0.25) is 0 Å². The normalized spacial score (nSPS) is 11.2. The number of carboxylic acids is 1. The Morgan fingerprint density at radius 3 is 2.59 bits per heavy atom. The standard InChI is InChI=1S/C24H19N5O3/c1-14-22(15(2)32-28-14)18-10-21-23(25-11-18)20(16-5-7-17(8-6-16)24(30)31)13-29(21)12-19-4-3-9-26-27-19/h3-11,13H,12H2,1-2H3,(H,30,31). The van der Waals surface area contributed by atoms with Crippen LogP contribution in [0.5, 0.6) is 0 Å². The molecule has 0 radical (unpaired) electrons. The molecule has 0 unspecified atom stereocenters. The molecule has 0 fully saturated rings. The van der Waals surface area contributed by atoms with Gasteiger partial charge in [-0.3, -0.25) is 4.98 Å². The molecule has 0 saturated carbocycles. The molecule has 1 aromatic carbocycles. The van der Waals surface area contributed by atoms with Gasteiger partial charge in [0.05, 0.1) is 34.5 Å². The first-order valence-electron chi connectivity index (χ1n) is 10.0. The molecule has 0 amide bonds. The van der Waals surface area contributed by atoms with Crippen LogP contribution in [0, 0.1) is 13.8 Å². The summed E-state index contributed by atoms with van der Waals surface area (Å²) >= 11 is 0. The van der Waals surface area contributed by atoms with E-state index in [0.717, 1.165) is 50.4 Å². The van der Waals surface area contributed by atoms with E-state index in [1.807, 2.05) is 38.4 Å². The number of hydrogen-bond donors (Lipinski definition) is 1. The Hall–Kier alpha value is -4.33. The molecule has 5 rings (SSSR count). The number of carboxylic acid groups (broad SMARTS) is 1. The zero-order valence-electron chi connectivity index (χ0n) is 17.5. The van der Waals surface area contributed by atoms with Crippen molar-refractivity contribution < 1.29 is 14.4 Å². The largest absolute Gasteiger partial charge is 0.478 e. The van der Waals surface area contributed by atoms with Gasteiger partial charge in [-0.1, -0.05) is 17.3 Å². The lowest BCUT2D eigenvalue weighted by Crippen LogP contribution is -2.01. The van der Waals surface area contributed by atoms with E-state index in [1.54, 1.807) is 30.5 Å². The lowest BCUT2D eigenvalue weighted by Gasteiger charge is -2.06. The van der Waals surface area contributed by atoms with Crippen LogP contribution in [-0.2, 0) is 6.54 Å². The van der Waals surface area contributed by atoms with Crippen molar-refractivity contribution in [1.82, 2.24) is 24.9 Å². The maximum Gasteiger partial charge on any atom is 0.335 e. The first-order valence-corrected chi connectivity index (χ1v) is 10.0. The molecule has 0 bridgehead atoms. The van der Waals surface area contributed by atoms with Gasteiger partial charge in [0.15, 0.2) is 0 Å². The Bertz CT molecular complexity index is 1420. The van der Waals surface area contributed by atoms with E-state index in [-0.39, 0.29) is 5.56 Å². The second kappa shape index (κ2) is 7.73. The van der Waals surface area contributed by atoms with Crippen LogP contribution >= 0.6 is 0 Å². The molecule has 0 atom stereocenters. The summed E-state index contributed by atoms with van der Waals surface area (Å²) in [6.07, 6.45) is 5.47. The molecule has 0 aliphatic rings. The highest BCUT2D eigenvalue weighted by Gasteiger charge is 2.17. The molecule has 5 aromatic rings. The van der Waals surface area contributed by atoms with Gasteiger partial charge in [-0.25, -0.2) is 4.79 Å². The van der Waals surface area contributed by atoms with Crippen LogP contribution in [0.3, 0.4) is 0 Å². The fraction of sp³-hybridized carbons (Fsp3) is 0.125. The van der Waals surface area contributed by atoms with Gasteiger partial charge in [0.1, 0.15) is 5.76 Å². The molecule has 8 nitrogen and oxygen atoms in total. The molecule has 8 heteroatoms. The summed E-state index contributed by atoms with van der Waals surface area (Å²) in [5.74, 6) is -0.218. The lowest BCUT2D eigenvalue weighted by molar-refractivity contribution is 0.0697. The highest BCUT2D eigenvalue weighted by Crippen LogP contribution is 2.34. The van der Waals surface area contributed by atoms with Gasteiger partial charge in [0, 0.05) is 35.3 Å². The number of carbonyl (C=O) groups is 1. The molecular weight excluding hydrogens is 406 g/mol. The van der Waals surface area contributed by atoms with Crippen LogP contribution in [0.15, 0.2) is 65.6 Å². The second-order valence-electron chi connectivity index (χ2n) is 7.56. The number of aromatic carboxylic acids is 1. The van der Waals surface area contributed by atoms with Crippen molar-refractivity contribution in [3.63, 3.8) is 0 Å². The molecule has 4 heterocycles. The monoisotopic (exact) mass is 425 g/mol. The molecule has 158 valence electrons. The van der Waals surface area contributed by atoms with E-state index in [4.69, 9.17) is 9.51 Å². The summed E-state index contributed by atoms with van der Waals surface area (Å²) in [6, 6.07) is 12.6. The minimum absolute atomic E-state index is 0.241. The van der Waals surface area contributed by atoms with Gasteiger partial charge < -0.3 is 14.2 Å². The van der Waals surface area contributed by atoms with E-state index in [0.29, 0.717) is 6.54 Å². The highest BCUT2D eigenvalue weighted by atomic mass is 16.5. The zero-order valence-corrected chi connectivity index (χ0v) is 17.5. The van der Waals surface area contributed by atoms with Crippen LogP contribution in [0.2, 0.25) is 0 Å². The number of rotatable bonds is 5. The van der Waals surface area contributed by atoms with E-state index in [2.05, 4.69) is 26.0 Å². The number of fused-ring (bicyclic) bond motifs is 1. The number of aryl methyl sites for hydroxylation is 2. The highest BCUT2D eigenvalue weighted by molar-refractivity contribution is 5.96. The Balaban J connectivity index is 1.68. The van der Waals surface area contributed by atoms with E-state index >= 15 is 0 Å². The summed E-state index contributed by atoms with van der Waals surface area (Å²) in [5, 5.41) is 21.5. The summed E-state index contributed by atoms with van der Waals surface area (Å²) < 4.78 is 7.42. The van der Waals surface area contributed by atoms with Gasteiger partial charge in [-0.2, -0.15) is 10.2 Å². The third kappa shape index (κ3) is 3.41. The molecule has 32 heavy (non-hydrogen) atoms. The molecule has 4 aromatic heterocycles. The fourth-order valence-corrected chi connectivity index (χ4v) is 3.92. The molecule has 0 saturated heterocycles. The number of benzene rings is 1. The van der Waals surface area contributed by atoms with Gasteiger partial charge in [0.25, 0.3) is 0 Å². The average molecular weight is 425 g/mol. The van der Waals surface area contributed by atoms with Gasteiger partial charge in [-0.15, -0.1) is 0 Å². The van der Waals surface area contributed by atoms with Crippen molar-refractivity contribution in [2.24, 2.45) is 0 Å². The minimum atomic E-state index is -0.955. The minimum Gasteiger partial charge on any atom is -0.478 e. The zero-order chi connectivity index (χ0) is 22.2. The Morgan fingerprint density at radius 1 is 1.12 bits per heavy atom.